The number of carbonyl (C=O) groups excluding carboxylic acids is 2. The number of nitrogens with zero attached hydrogens (tertiary/aromatic N) is 2. The molecule has 0 radical (unpaired) electrons. The number of aryl methyl sites for hydroxylation is 1. The number of rotatable bonds is 7. The van der Waals surface area contributed by atoms with Crippen LogP contribution in [0.2, 0.25) is 10.0 Å². The molecular formula is C30H30Cl2N2O5. The fourth-order valence-electron chi connectivity index (χ4n) is 4.54. The number of benzene rings is 3. The maximum absolute atomic E-state index is 13.4. The number of amides is 2. The minimum absolute atomic E-state index is 0.141. The first-order valence-electron chi connectivity index (χ1n) is 12.4. The molecule has 1 fully saturated rings. The van der Waals surface area contributed by atoms with Crippen LogP contribution < -0.4 is 14.2 Å². The van der Waals surface area contributed by atoms with Gasteiger partial charge in [0.1, 0.15) is 0 Å². The van der Waals surface area contributed by atoms with E-state index in [-0.39, 0.29) is 11.8 Å². The van der Waals surface area contributed by atoms with Crippen molar-refractivity contribution < 1.29 is 23.8 Å². The van der Waals surface area contributed by atoms with Crippen LogP contribution in [0.15, 0.2) is 60.7 Å². The Morgan fingerprint density at radius 2 is 1.36 bits per heavy atom. The van der Waals surface area contributed by atoms with Gasteiger partial charge in [0.25, 0.3) is 5.91 Å². The third kappa shape index (κ3) is 6.32. The summed E-state index contributed by atoms with van der Waals surface area (Å²) in [7, 11) is 4.53. The molecule has 0 atom stereocenters. The number of ether oxygens (including phenoxy) is 3. The maximum atomic E-state index is 13.4. The van der Waals surface area contributed by atoms with Gasteiger partial charge in [0.15, 0.2) is 11.5 Å². The van der Waals surface area contributed by atoms with E-state index >= 15 is 0 Å². The van der Waals surface area contributed by atoms with Crippen LogP contribution in [0, 0.1) is 6.92 Å². The monoisotopic (exact) mass is 568 g/mol. The zero-order valence-electron chi connectivity index (χ0n) is 22.3. The number of hydrogen-bond acceptors (Lipinski definition) is 5. The number of piperazine rings is 1. The first-order valence-corrected chi connectivity index (χ1v) is 13.1. The van der Waals surface area contributed by atoms with Gasteiger partial charge in [-0.1, -0.05) is 59.1 Å². The summed E-state index contributed by atoms with van der Waals surface area (Å²) in [5.41, 5.74) is 3.94. The molecule has 0 saturated carbocycles. The molecule has 0 aromatic heterocycles. The van der Waals surface area contributed by atoms with Crippen LogP contribution in [-0.4, -0.2) is 69.1 Å². The van der Waals surface area contributed by atoms with Crippen LogP contribution in [0.1, 0.15) is 27.0 Å². The predicted molar refractivity (Wildman–Crippen MR) is 153 cm³/mol. The minimum atomic E-state index is -0.173. The first-order chi connectivity index (χ1) is 18.7. The molecule has 1 aliphatic heterocycles. The van der Waals surface area contributed by atoms with Crippen LogP contribution in [0.5, 0.6) is 17.2 Å². The smallest absolute Gasteiger partial charge is 0.254 e. The van der Waals surface area contributed by atoms with E-state index in [1.54, 1.807) is 40.1 Å². The Morgan fingerprint density at radius 3 is 1.92 bits per heavy atom. The Hall–Kier alpha value is -3.68. The lowest BCUT2D eigenvalue weighted by Crippen LogP contribution is -2.50. The second-order valence-electron chi connectivity index (χ2n) is 9.09. The highest BCUT2D eigenvalue weighted by atomic mass is 35.5. The zero-order valence-corrected chi connectivity index (χ0v) is 23.8. The van der Waals surface area contributed by atoms with E-state index in [1.807, 2.05) is 37.3 Å². The van der Waals surface area contributed by atoms with Crippen molar-refractivity contribution in [1.82, 2.24) is 9.80 Å². The summed E-state index contributed by atoms with van der Waals surface area (Å²) in [4.78, 5) is 30.2. The summed E-state index contributed by atoms with van der Waals surface area (Å²) in [6.45, 7) is 3.58. The fourth-order valence-corrected chi connectivity index (χ4v) is 4.84. The Labute approximate surface area is 238 Å². The Morgan fingerprint density at radius 1 is 0.744 bits per heavy atom. The lowest BCUT2D eigenvalue weighted by Gasteiger charge is -2.34. The molecule has 4 rings (SSSR count). The Balaban J connectivity index is 1.53. The van der Waals surface area contributed by atoms with Crippen LogP contribution in [-0.2, 0) is 4.79 Å². The largest absolute Gasteiger partial charge is 0.493 e. The third-order valence-corrected chi connectivity index (χ3v) is 7.36. The predicted octanol–water partition coefficient (Wildman–Crippen LogP) is 5.74. The molecule has 39 heavy (non-hydrogen) atoms. The van der Waals surface area contributed by atoms with Gasteiger partial charge in [-0.15, -0.1) is 0 Å². The van der Waals surface area contributed by atoms with E-state index in [2.05, 4.69) is 0 Å². The van der Waals surface area contributed by atoms with E-state index in [0.29, 0.717) is 59.0 Å². The third-order valence-electron chi connectivity index (χ3n) is 6.62. The van der Waals surface area contributed by atoms with Gasteiger partial charge >= 0.3 is 0 Å². The van der Waals surface area contributed by atoms with Crippen LogP contribution >= 0.6 is 23.2 Å². The molecule has 0 unspecified atom stereocenters. The summed E-state index contributed by atoms with van der Waals surface area (Å²) in [6.07, 6.45) is 1.63. The summed E-state index contributed by atoms with van der Waals surface area (Å²) in [6, 6.07) is 16.5. The second-order valence-corrected chi connectivity index (χ2v) is 9.90. The Kier molecular flexibility index (Phi) is 9.04. The highest BCUT2D eigenvalue weighted by Crippen LogP contribution is 2.38. The van der Waals surface area contributed by atoms with Crippen molar-refractivity contribution in [3.63, 3.8) is 0 Å². The van der Waals surface area contributed by atoms with Crippen LogP contribution in [0.4, 0.5) is 0 Å². The van der Waals surface area contributed by atoms with Gasteiger partial charge in [0, 0.05) is 37.8 Å². The normalized spacial score (nSPS) is 13.7. The average Bonchev–Trinajstić information content (AvgIpc) is 2.96. The number of carbonyl (C=O) groups is 2. The Bertz CT molecular complexity index is 1390. The SMILES string of the molecule is COc1cc(C(=O)N2CCN(C(=O)C=C(c3cccc(C)c3)c3ccc(Cl)c(Cl)c3)CC2)cc(OC)c1OC. The molecule has 0 bridgehead atoms. The average molecular weight is 569 g/mol. The number of methoxy groups -OCH3 is 3. The van der Waals surface area contributed by atoms with Crippen molar-refractivity contribution in [2.24, 2.45) is 0 Å². The van der Waals surface area contributed by atoms with Gasteiger partial charge < -0.3 is 24.0 Å². The zero-order chi connectivity index (χ0) is 28.1. The van der Waals surface area contributed by atoms with E-state index in [4.69, 9.17) is 37.4 Å². The van der Waals surface area contributed by atoms with Crippen molar-refractivity contribution in [3.05, 3.63) is 93.0 Å². The molecule has 1 heterocycles. The van der Waals surface area contributed by atoms with E-state index in [0.717, 1.165) is 22.3 Å². The van der Waals surface area contributed by atoms with Gasteiger partial charge in [-0.2, -0.15) is 0 Å². The maximum Gasteiger partial charge on any atom is 0.254 e. The molecule has 9 heteroatoms. The molecule has 3 aromatic rings. The molecule has 2 amide bonds. The van der Waals surface area contributed by atoms with Crippen molar-refractivity contribution in [2.45, 2.75) is 6.92 Å². The van der Waals surface area contributed by atoms with Crippen LogP contribution in [0.25, 0.3) is 5.57 Å². The molecule has 3 aromatic carbocycles. The molecule has 1 aliphatic rings. The highest BCUT2D eigenvalue weighted by molar-refractivity contribution is 6.42. The summed E-state index contributed by atoms with van der Waals surface area (Å²) >= 11 is 12.4. The fraction of sp³-hybridized carbons (Fsp3) is 0.267. The van der Waals surface area contributed by atoms with Gasteiger partial charge in [0.2, 0.25) is 11.7 Å². The number of hydrogen-bond donors (Lipinski definition) is 0. The highest BCUT2D eigenvalue weighted by Gasteiger charge is 2.26. The first kappa shape index (κ1) is 28.3. The van der Waals surface area contributed by atoms with E-state index < -0.39 is 0 Å². The topological polar surface area (TPSA) is 68.3 Å². The van der Waals surface area contributed by atoms with Crippen molar-refractivity contribution >= 4 is 40.6 Å². The van der Waals surface area contributed by atoms with Gasteiger partial charge in [-0.3, -0.25) is 9.59 Å². The van der Waals surface area contributed by atoms with Gasteiger partial charge in [-0.25, -0.2) is 0 Å². The molecule has 0 spiro atoms. The van der Waals surface area contributed by atoms with Crippen LogP contribution in [0.3, 0.4) is 0 Å². The summed E-state index contributed by atoms with van der Waals surface area (Å²) in [5.74, 6) is 0.922. The standard InChI is InChI=1S/C30H30Cl2N2O5/c1-19-6-5-7-20(14-19)23(21-8-9-24(31)25(32)15-21)18-28(35)33-10-12-34(13-11-33)30(36)22-16-26(37-2)29(39-4)27(17-22)38-3/h5-9,14-18H,10-13H2,1-4H3. The van der Waals surface area contributed by atoms with E-state index in [1.165, 1.54) is 21.3 Å². The van der Waals surface area contributed by atoms with Gasteiger partial charge in [-0.05, 0) is 47.9 Å². The quantitative estimate of drug-likeness (QED) is 0.340. The van der Waals surface area contributed by atoms with E-state index in [9.17, 15) is 9.59 Å². The van der Waals surface area contributed by atoms with Crippen molar-refractivity contribution in [1.29, 1.82) is 0 Å². The lowest BCUT2D eigenvalue weighted by molar-refractivity contribution is -0.127. The molecule has 0 aliphatic carbocycles. The van der Waals surface area contributed by atoms with Gasteiger partial charge in [0.05, 0.1) is 31.4 Å². The second kappa shape index (κ2) is 12.5. The molecule has 204 valence electrons. The summed E-state index contributed by atoms with van der Waals surface area (Å²) in [5, 5.41) is 0.863. The lowest BCUT2D eigenvalue weighted by atomic mass is 9.96. The summed E-state index contributed by atoms with van der Waals surface area (Å²) < 4.78 is 16.1. The van der Waals surface area contributed by atoms with Crippen molar-refractivity contribution in [3.8, 4) is 17.2 Å². The van der Waals surface area contributed by atoms with Crippen molar-refractivity contribution in [2.75, 3.05) is 47.5 Å². The molecular weight excluding hydrogens is 539 g/mol. The molecule has 0 N–H and O–H groups in total. The minimum Gasteiger partial charge on any atom is -0.493 e. The molecule has 7 nitrogen and oxygen atoms in total. The molecule has 1 saturated heterocycles. The number of halogens is 2.